The minimum absolute atomic E-state index is 0.137. The van der Waals surface area contributed by atoms with Gasteiger partial charge in [0.2, 0.25) is 0 Å². The van der Waals surface area contributed by atoms with Crippen LogP contribution in [0.3, 0.4) is 0 Å². The predicted molar refractivity (Wildman–Crippen MR) is 132 cm³/mol. The molecule has 2 aromatic heterocycles. The van der Waals surface area contributed by atoms with E-state index in [1.54, 1.807) is 70.6 Å². The molecule has 1 unspecified atom stereocenters. The molecule has 2 aromatic carbocycles. The Morgan fingerprint density at radius 3 is 2.67 bits per heavy atom. The van der Waals surface area contributed by atoms with E-state index in [-0.39, 0.29) is 36.1 Å². The van der Waals surface area contributed by atoms with E-state index in [4.69, 9.17) is 0 Å². The lowest BCUT2D eigenvalue weighted by Crippen LogP contribution is -2.30. The molecule has 0 radical (unpaired) electrons. The second-order valence-corrected chi connectivity index (χ2v) is 8.95. The average molecular weight is 485 g/mol. The molecule has 182 valence electrons. The van der Waals surface area contributed by atoms with Crippen LogP contribution in [0.1, 0.15) is 63.6 Å². The molecular formula is C27H25FN6O2. The summed E-state index contributed by atoms with van der Waals surface area (Å²) >= 11 is 0. The van der Waals surface area contributed by atoms with Gasteiger partial charge in [-0.15, -0.1) is 0 Å². The molecule has 0 bridgehead atoms. The van der Waals surface area contributed by atoms with Crippen LogP contribution in [0.4, 0.5) is 10.1 Å². The fourth-order valence-electron chi connectivity index (χ4n) is 4.27. The smallest absolute Gasteiger partial charge is 0.276 e. The zero-order chi connectivity index (χ0) is 25.2. The number of carbonyl (C=O) groups is 2. The maximum absolute atomic E-state index is 13.5. The number of anilines is 1. The molecular weight excluding hydrogens is 459 g/mol. The molecule has 8 nitrogen and oxygen atoms in total. The van der Waals surface area contributed by atoms with Gasteiger partial charge in [0.15, 0.2) is 5.82 Å². The third-order valence-corrected chi connectivity index (χ3v) is 6.16. The number of aromatic nitrogens is 4. The van der Waals surface area contributed by atoms with Gasteiger partial charge >= 0.3 is 0 Å². The standard InChI is InChI=1S/C27H25FN6O2/c1-17(2)34-16-31-25(32-34)22-15-33(27(36)23-8-3-4-11-29-23)24-10-9-19(13-21(22)24)26(35)30-14-18-6-5-7-20(28)12-18/h3-13,16-17,22H,14-15H2,1-2H3,(H,30,35). The quantitative estimate of drug-likeness (QED) is 0.445. The van der Waals surface area contributed by atoms with Crippen LogP contribution in [-0.2, 0) is 6.54 Å². The molecule has 36 heavy (non-hydrogen) atoms. The summed E-state index contributed by atoms with van der Waals surface area (Å²) < 4.78 is 15.3. The van der Waals surface area contributed by atoms with Crippen LogP contribution >= 0.6 is 0 Å². The number of benzene rings is 2. The Morgan fingerprint density at radius 2 is 1.94 bits per heavy atom. The Balaban J connectivity index is 1.46. The van der Waals surface area contributed by atoms with Gasteiger partial charge in [0.25, 0.3) is 11.8 Å². The number of nitrogens with one attached hydrogen (secondary N) is 1. The van der Waals surface area contributed by atoms with Crippen molar-refractivity contribution in [1.82, 2.24) is 25.1 Å². The van der Waals surface area contributed by atoms with E-state index in [9.17, 15) is 14.0 Å². The summed E-state index contributed by atoms with van der Waals surface area (Å²) in [5, 5.41) is 7.47. The van der Waals surface area contributed by atoms with Gasteiger partial charge in [0, 0.05) is 36.6 Å². The van der Waals surface area contributed by atoms with Gasteiger partial charge in [-0.25, -0.2) is 9.37 Å². The van der Waals surface area contributed by atoms with E-state index in [2.05, 4.69) is 20.4 Å². The third-order valence-electron chi connectivity index (χ3n) is 6.16. The van der Waals surface area contributed by atoms with E-state index in [1.807, 2.05) is 13.8 Å². The minimum Gasteiger partial charge on any atom is -0.348 e. The summed E-state index contributed by atoms with van der Waals surface area (Å²) in [4.78, 5) is 36.6. The van der Waals surface area contributed by atoms with Crippen molar-refractivity contribution in [2.75, 3.05) is 11.4 Å². The number of carbonyl (C=O) groups excluding carboxylic acids is 2. The van der Waals surface area contributed by atoms with E-state index in [0.717, 1.165) is 5.56 Å². The highest BCUT2D eigenvalue weighted by atomic mass is 19.1. The van der Waals surface area contributed by atoms with Gasteiger partial charge in [-0.3, -0.25) is 19.3 Å². The summed E-state index contributed by atoms with van der Waals surface area (Å²) in [6, 6.07) is 16.7. The number of hydrogen-bond donors (Lipinski definition) is 1. The van der Waals surface area contributed by atoms with Crippen LogP contribution in [0.2, 0.25) is 0 Å². The zero-order valence-corrected chi connectivity index (χ0v) is 19.9. The van der Waals surface area contributed by atoms with Crippen molar-refractivity contribution >= 4 is 17.5 Å². The van der Waals surface area contributed by atoms with Crippen LogP contribution in [0.15, 0.2) is 73.2 Å². The molecule has 5 rings (SSSR count). The van der Waals surface area contributed by atoms with Crippen molar-refractivity contribution in [1.29, 1.82) is 0 Å². The molecule has 0 aliphatic carbocycles. The van der Waals surface area contributed by atoms with Crippen LogP contribution < -0.4 is 10.2 Å². The second-order valence-electron chi connectivity index (χ2n) is 8.95. The highest BCUT2D eigenvalue weighted by Crippen LogP contribution is 2.40. The first-order valence-corrected chi connectivity index (χ1v) is 11.7. The Kier molecular flexibility index (Phi) is 6.28. The van der Waals surface area contributed by atoms with Crippen molar-refractivity contribution in [3.8, 4) is 0 Å². The monoisotopic (exact) mass is 484 g/mol. The SMILES string of the molecule is CC(C)n1cnc(C2CN(C(=O)c3ccccn3)c3ccc(C(=O)NCc4cccc(F)c4)cc32)n1. The highest BCUT2D eigenvalue weighted by Gasteiger charge is 2.37. The maximum atomic E-state index is 13.5. The fraction of sp³-hybridized carbons (Fsp3) is 0.222. The second kappa shape index (κ2) is 9.69. The fourth-order valence-corrected chi connectivity index (χ4v) is 4.27. The van der Waals surface area contributed by atoms with Crippen LogP contribution in [0, 0.1) is 5.82 Å². The summed E-state index contributed by atoms with van der Waals surface area (Å²) in [5.74, 6) is -0.600. The Hall–Kier alpha value is -4.40. The lowest BCUT2D eigenvalue weighted by Gasteiger charge is -2.17. The Labute approximate surface area is 207 Å². The number of amides is 2. The minimum atomic E-state index is -0.354. The van der Waals surface area contributed by atoms with E-state index in [0.29, 0.717) is 34.9 Å². The number of pyridine rings is 1. The highest BCUT2D eigenvalue weighted by molar-refractivity contribution is 6.07. The normalized spacial score (nSPS) is 14.7. The Bertz CT molecular complexity index is 1420. The molecule has 1 aliphatic rings. The molecule has 0 spiro atoms. The topological polar surface area (TPSA) is 93.0 Å². The van der Waals surface area contributed by atoms with Crippen LogP contribution in [-0.4, -0.2) is 38.1 Å². The number of nitrogens with zero attached hydrogens (tertiary/aromatic N) is 5. The van der Waals surface area contributed by atoms with E-state index >= 15 is 0 Å². The Morgan fingerprint density at radius 1 is 1.08 bits per heavy atom. The van der Waals surface area contributed by atoms with Crippen molar-refractivity contribution in [2.24, 2.45) is 0 Å². The van der Waals surface area contributed by atoms with E-state index in [1.165, 1.54) is 12.1 Å². The molecule has 0 saturated heterocycles. The zero-order valence-electron chi connectivity index (χ0n) is 19.9. The van der Waals surface area contributed by atoms with Gasteiger partial charge in [-0.05, 0) is 67.4 Å². The van der Waals surface area contributed by atoms with Crippen molar-refractivity contribution in [2.45, 2.75) is 32.4 Å². The molecule has 0 fully saturated rings. The lowest BCUT2D eigenvalue weighted by atomic mass is 9.98. The first-order chi connectivity index (χ1) is 17.4. The largest absolute Gasteiger partial charge is 0.348 e. The molecule has 1 N–H and O–H groups in total. The van der Waals surface area contributed by atoms with Gasteiger partial charge in [-0.2, -0.15) is 5.10 Å². The summed E-state index contributed by atoms with van der Waals surface area (Å²) in [5.41, 5.74) is 2.92. The van der Waals surface area contributed by atoms with Crippen LogP contribution in [0.25, 0.3) is 0 Å². The molecule has 3 heterocycles. The molecule has 9 heteroatoms. The van der Waals surface area contributed by atoms with Crippen LogP contribution in [0.5, 0.6) is 0 Å². The molecule has 1 aliphatic heterocycles. The predicted octanol–water partition coefficient (Wildman–Crippen LogP) is 4.12. The molecule has 1 atom stereocenters. The summed E-state index contributed by atoms with van der Waals surface area (Å²) in [6.07, 6.45) is 3.26. The molecule has 2 amide bonds. The van der Waals surface area contributed by atoms with E-state index < -0.39 is 0 Å². The summed E-state index contributed by atoms with van der Waals surface area (Å²) in [6.45, 7) is 4.56. The lowest BCUT2D eigenvalue weighted by molar-refractivity contribution is 0.0949. The summed E-state index contributed by atoms with van der Waals surface area (Å²) in [7, 11) is 0. The molecule has 4 aromatic rings. The maximum Gasteiger partial charge on any atom is 0.276 e. The third kappa shape index (κ3) is 4.59. The van der Waals surface area contributed by atoms with Crippen molar-refractivity contribution in [3.05, 3.63) is 107 Å². The van der Waals surface area contributed by atoms with Gasteiger partial charge in [0.05, 0.1) is 5.92 Å². The number of hydrogen-bond acceptors (Lipinski definition) is 5. The van der Waals surface area contributed by atoms with Crippen molar-refractivity contribution < 1.29 is 14.0 Å². The van der Waals surface area contributed by atoms with Gasteiger partial charge in [-0.1, -0.05) is 18.2 Å². The number of rotatable bonds is 6. The number of fused-ring (bicyclic) bond motifs is 1. The van der Waals surface area contributed by atoms with Gasteiger partial charge < -0.3 is 10.2 Å². The van der Waals surface area contributed by atoms with Gasteiger partial charge in [0.1, 0.15) is 17.8 Å². The first kappa shape index (κ1) is 23.3. The first-order valence-electron chi connectivity index (χ1n) is 11.7. The molecule has 0 saturated carbocycles. The average Bonchev–Trinajstić information content (AvgIpc) is 3.52. The van der Waals surface area contributed by atoms with Crippen molar-refractivity contribution in [3.63, 3.8) is 0 Å². The number of halogens is 1.